The van der Waals surface area contributed by atoms with Gasteiger partial charge in [0.05, 0.1) is 12.0 Å². The van der Waals surface area contributed by atoms with Crippen LogP contribution in [-0.4, -0.2) is 69.6 Å². The third-order valence-corrected chi connectivity index (χ3v) is 10.0. The SMILES string of the molecule is CC1=C[C@]23C(=O)[C@@H](C=C(CO)[C@@H](O)[C@]2(O)[C@H]1OC(=O)N(C)C1CCC1)[C@H]1[C@@H](C[C@H]3C)C1(C)C. The Morgan fingerprint density at radius 1 is 1.30 bits per heavy atom. The number of ether oxygens (including phenoxy) is 1. The molecule has 7 heteroatoms. The second-order valence-electron chi connectivity index (χ2n) is 11.8. The summed E-state index contributed by atoms with van der Waals surface area (Å²) in [7, 11) is 1.69. The number of aliphatic hydroxyl groups is 3. The van der Waals surface area contributed by atoms with Crippen LogP contribution < -0.4 is 0 Å². The molecule has 3 fully saturated rings. The van der Waals surface area contributed by atoms with Gasteiger partial charge in [-0.1, -0.05) is 32.9 Å². The zero-order valence-corrected chi connectivity index (χ0v) is 20.2. The third kappa shape index (κ3) is 2.73. The van der Waals surface area contributed by atoms with E-state index in [-0.39, 0.29) is 34.6 Å². The lowest BCUT2D eigenvalue weighted by Gasteiger charge is -2.49. The lowest BCUT2D eigenvalue weighted by molar-refractivity contribution is -0.191. The fourth-order valence-corrected chi connectivity index (χ4v) is 7.70. The molecule has 0 aromatic heterocycles. The van der Waals surface area contributed by atoms with Gasteiger partial charge in [-0.2, -0.15) is 0 Å². The molecule has 3 N–H and O–H groups in total. The molecule has 0 aromatic rings. The number of aliphatic hydroxyl groups excluding tert-OH is 2. The number of ketones is 1. The van der Waals surface area contributed by atoms with E-state index in [0.29, 0.717) is 11.5 Å². The molecular weight excluding hydrogens is 422 g/mol. The van der Waals surface area contributed by atoms with Crippen LogP contribution in [0.3, 0.4) is 0 Å². The molecule has 1 spiro atoms. The fourth-order valence-electron chi connectivity index (χ4n) is 7.70. The first kappa shape index (κ1) is 23.1. The van der Waals surface area contributed by atoms with Gasteiger partial charge in [-0.05, 0) is 66.9 Å². The van der Waals surface area contributed by atoms with Crippen molar-refractivity contribution in [3.8, 4) is 0 Å². The molecule has 8 atom stereocenters. The van der Waals surface area contributed by atoms with E-state index in [1.165, 1.54) is 0 Å². The zero-order chi connectivity index (χ0) is 24.1. The highest BCUT2D eigenvalue weighted by molar-refractivity contribution is 5.95. The Balaban J connectivity index is 1.60. The predicted molar refractivity (Wildman–Crippen MR) is 121 cm³/mol. The van der Waals surface area contributed by atoms with Crippen molar-refractivity contribution in [2.75, 3.05) is 13.7 Å². The molecule has 0 aromatic carbocycles. The quantitative estimate of drug-likeness (QED) is 0.560. The molecular formula is C26H37NO6. The molecule has 7 nitrogen and oxygen atoms in total. The highest BCUT2D eigenvalue weighted by atomic mass is 16.6. The number of rotatable bonds is 3. The topological polar surface area (TPSA) is 107 Å². The molecule has 0 aliphatic heterocycles. The molecule has 3 saturated carbocycles. The van der Waals surface area contributed by atoms with Crippen LogP contribution in [0.4, 0.5) is 4.79 Å². The first-order valence-electron chi connectivity index (χ1n) is 12.3. The fraction of sp³-hybridized carbons (Fsp3) is 0.769. The van der Waals surface area contributed by atoms with Gasteiger partial charge in [0.1, 0.15) is 6.10 Å². The van der Waals surface area contributed by atoms with E-state index < -0.39 is 41.8 Å². The van der Waals surface area contributed by atoms with Crippen molar-refractivity contribution >= 4 is 11.9 Å². The molecule has 33 heavy (non-hydrogen) atoms. The molecule has 0 unspecified atom stereocenters. The third-order valence-electron chi connectivity index (χ3n) is 10.0. The van der Waals surface area contributed by atoms with Crippen molar-refractivity contribution in [3.63, 3.8) is 0 Å². The number of fused-ring (bicyclic) bond motifs is 3. The van der Waals surface area contributed by atoms with Crippen LogP contribution in [0.2, 0.25) is 0 Å². The number of hydrogen-bond acceptors (Lipinski definition) is 6. The van der Waals surface area contributed by atoms with Crippen LogP contribution in [0.5, 0.6) is 0 Å². The maximum Gasteiger partial charge on any atom is 0.410 e. The number of carbonyl (C=O) groups excluding carboxylic acids is 2. The summed E-state index contributed by atoms with van der Waals surface area (Å²) in [5.41, 5.74) is -2.69. The van der Waals surface area contributed by atoms with Crippen molar-refractivity contribution in [2.24, 2.45) is 34.5 Å². The molecule has 1 amide bonds. The average Bonchev–Trinajstić information content (AvgIpc) is 3.20. The van der Waals surface area contributed by atoms with E-state index in [1.54, 1.807) is 31.0 Å². The van der Waals surface area contributed by atoms with E-state index in [9.17, 15) is 24.9 Å². The van der Waals surface area contributed by atoms with Gasteiger partial charge in [-0.25, -0.2) is 4.79 Å². The van der Waals surface area contributed by atoms with Crippen LogP contribution in [0.1, 0.15) is 53.4 Å². The maximum atomic E-state index is 14.3. The molecule has 182 valence electrons. The largest absolute Gasteiger partial charge is 0.438 e. The summed E-state index contributed by atoms with van der Waals surface area (Å²) < 4.78 is 5.88. The first-order chi connectivity index (χ1) is 15.4. The van der Waals surface area contributed by atoms with Gasteiger partial charge >= 0.3 is 6.09 Å². The lowest BCUT2D eigenvalue weighted by atomic mass is 9.59. The lowest BCUT2D eigenvalue weighted by Crippen LogP contribution is -2.66. The monoisotopic (exact) mass is 459 g/mol. The number of amides is 1. The van der Waals surface area contributed by atoms with Crippen LogP contribution in [0, 0.1) is 34.5 Å². The van der Waals surface area contributed by atoms with Crippen LogP contribution in [0.25, 0.3) is 0 Å². The minimum absolute atomic E-state index is 0.0185. The Morgan fingerprint density at radius 2 is 1.97 bits per heavy atom. The van der Waals surface area contributed by atoms with E-state index in [1.807, 2.05) is 6.92 Å². The summed E-state index contributed by atoms with van der Waals surface area (Å²) in [6.07, 6.45) is 3.81. The van der Waals surface area contributed by atoms with Gasteiger partial charge in [-0.15, -0.1) is 0 Å². The highest BCUT2D eigenvalue weighted by Crippen LogP contribution is 2.71. The van der Waals surface area contributed by atoms with Gasteiger partial charge in [0.2, 0.25) is 0 Å². The van der Waals surface area contributed by atoms with Gasteiger partial charge < -0.3 is 25.0 Å². The summed E-state index contributed by atoms with van der Waals surface area (Å²) in [5, 5.41) is 34.0. The maximum absolute atomic E-state index is 14.3. The first-order valence-corrected chi connectivity index (χ1v) is 12.3. The van der Waals surface area contributed by atoms with Crippen LogP contribution in [0.15, 0.2) is 23.3 Å². The van der Waals surface area contributed by atoms with Crippen molar-refractivity contribution in [3.05, 3.63) is 23.3 Å². The second kappa shape index (κ2) is 7.15. The van der Waals surface area contributed by atoms with E-state index >= 15 is 0 Å². The van der Waals surface area contributed by atoms with Crippen molar-refractivity contribution in [1.82, 2.24) is 4.90 Å². The summed E-state index contributed by atoms with van der Waals surface area (Å²) in [4.78, 5) is 28.9. The van der Waals surface area contributed by atoms with Crippen LogP contribution in [-0.2, 0) is 9.53 Å². The van der Waals surface area contributed by atoms with Gasteiger partial charge in [0.15, 0.2) is 17.5 Å². The minimum atomic E-state index is -2.08. The molecule has 0 saturated heterocycles. The van der Waals surface area contributed by atoms with Crippen molar-refractivity contribution in [1.29, 1.82) is 0 Å². The molecule has 0 radical (unpaired) electrons. The van der Waals surface area contributed by atoms with Crippen molar-refractivity contribution < 1.29 is 29.6 Å². The van der Waals surface area contributed by atoms with Gasteiger partial charge in [0, 0.05) is 19.0 Å². The average molecular weight is 460 g/mol. The normalized spacial score (nSPS) is 45.5. The summed E-state index contributed by atoms with van der Waals surface area (Å²) in [6, 6.07) is 0.107. The Hall–Kier alpha value is -1.70. The number of hydrogen-bond donors (Lipinski definition) is 3. The van der Waals surface area contributed by atoms with Crippen LogP contribution >= 0.6 is 0 Å². The van der Waals surface area contributed by atoms with Gasteiger partial charge in [0.25, 0.3) is 0 Å². The standard InChI is InChI=1S/C26H37NO6/c1-13-11-25-14(2)9-18-19(24(18,3)4)17(21(25)30)10-15(12-28)20(29)26(25,32)22(13)33-23(31)27(5)16-7-6-8-16/h10-11,14,16-20,22,28-29,32H,6-9,12H2,1-5H3/t14-,17+,18-,19+,20-,22+,25+,26+/m1/s1. The Bertz CT molecular complexity index is 950. The number of carbonyl (C=O) groups is 2. The summed E-state index contributed by atoms with van der Waals surface area (Å²) >= 11 is 0. The van der Waals surface area contributed by atoms with E-state index in [4.69, 9.17) is 4.74 Å². The Morgan fingerprint density at radius 3 is 2.55 bits per heavy atom. The number of allylic oxidation sites excluding steroid dienone is 1. The van der Waals surface area contributed by atoms with E-state index in [2.05, 4.69) is 13.8 Å². The minimum Gasteiger partial charge on any atom is -0.438 e. The number of Topliss-reactive ketones (excluding diaryl/α,β-unsaturated/α-hetero) is 1. The predicted octanol–water partition coefficient (Wildman–Crippen LogP) is 2.44. The smallest absolute Gasteiger partial charge is 0.410 e. The number of nitrogens with zero attached hydrogens (tertiary/aromatic N) is 1. The van der Waals surface area contributed by atoms with Gasteiger partial charge in [-0.3, -0.25) is 4.79 Å². The molecule has 0 heterocycles. The summed E-state index contributed by atoms with van der Waals surface area (Å²) in [5.74, 6) is -0.488. The summed E-state index contributed by atoms with van der Waals surface area (Å²) in [6.45, 7) is 7.56. The van der Waals surface area contributed by atoms with Crippen molar-refractivity contribution in [2.45, 2.75) is 77.2 Å². The molecule has 5 rings (SSSR count). The zero-order valence-electron chi connectivity index (χ0n) is 20.2. The Kier molecular flexibility index (Phi) is 5.00. The molecule has 5 aliphatic carbocycles. The molecule has 2 bridgehead atoms. The highest BCUT2D eigenvalue weighted by Gasteiger charge is 2.76. The Labute approximate surface area is 195 Å². The second-order valence-corrected chi connectivity index (χ2v) is 11.8. The molecule has 5 aliphatic rings. The van der Waals surface area contributed by atoms with E-state index in [0.717, 1.165) is 25.7 Å².